The van der Waals surface area contributed by atoms with Crippen molar-refractivity contribution in [1.29, 1.82) is 0 Å². The third-order valence-corrected chi connectivity index (χ3v) is 5.19. The third kappa shape index (κ3) is 3.60. The van der Waals surface area contributed by atoms with Crippen LogP contribution in [-0.4, -0.2) is 21.4 Å². The van der Waals surface area contributed by atoms with Crippen molar-refractivity contribution in [3.63, 3.8) is 0 Å². The Hall–Kier alpha value is -3.22. The lowest BCUT2D eigenvalue weighted by Crippen LogP contribution is -2.36. The minimum Gasteiger partial charge on any atom is -0.467 e. The fraction of sp³-hybridized carbons (Fsp3) is 0.333. The Bertz CT molecular complexity index is 987. The van der Waals surface area contributed by atoms with Gasteiger partial charge in [0, 0.05) is 36.0 Å². The van der Waals surface area contributed by atoms with Gasteiger partial charge in [-0.3, -0.25) is 10.1 Å². The Morgan fingerprint density at radius 2 is 2.07 bits per heavy atom. The fourth-order valence-corrected chi connectivity index (χ4v) is 3.75. The summed E-state index contributed by atoms with van der Waals surface area (Å²) in [4.78, 5) is 22.3. The van der Waals surface area contributed by atoms with Crippen LogP contribution in [0.5, 0.6) is 0 Å². The van der Waals surface area contributed by atoms with Crippen molar-refractivity contribution >= 4 is 11.5 Å². The average Bonchev–Trinajstić information content (AvgIpc) is 3.22. The number of aromatic nitrogens is 2. The molecule has 1 aliphatic rings. The van der Waals surface area contributed by atoms with E-state index in [4.69, 9.17) is 9.40 Å². The van der Waals surface area contributed by atoms with Crippen molar-refractivity contribution in [2.24, 2.45) is 5.92 Å². The number of hydrogen-bond acceptors (Lipinski definition) is 6. The zero-order chi connectivity index (χ0) is 19.7. The standard InChI is InChI=1S/C21H22N4O3/c1-14-8-9-24(18(11-14)19-7-4-10-28-19)20-12-15(2)22-21(23-20)16-5-3-6-17(13-16)25(26)27/h3-7,10,12-14,18H,8-9,11H2,1-2H3. The number of nitrogens with zero attached hydrogens (tertiary/aromatic N) is 4. The molecule has 1 aliphatic heterocycles. The third-order valence-electron chi connectivity index (χ3n) is 5.19. The molecule has 7 heteroatoms. The predicted molar refractivity (Wildman–Crippen MR) is 106 cm³/mol. The number of nitro benzene ring substituents is 1. The van der Waals surface area contributed by atoms with Crippen LogP contribution in [0.3, 0.4) is 0 Å². The van der Waals surface area contributed by atoms with Gasteiger partial charge < -0.3 is 9.32 Å². The van der Waals surface area contributed by atoms with E-state index < -0.39 is 4.92 Å². The van der Waals surface area contributed by atoms with E-state index in [0.717, 1.165) is 36.7 Å². The molecule has 3 aromatic rings. The molecule has 0 bridgehead atoms. The van der Waals surface area contributed by atoms with E-state index in [1.165, 1.54) is 12.1 Å². The lowest BCUT2D eigenvalue weighted by Gasteiger charge is -2.38. The van der Waals surface area contributed by atoms with Gasteiger partial charge in [0.15, 0.2) is 5.82 Å². The first-order chi connectivity index (χ1) is 13.5. The summed E-state index contributed by atoms with van der Waals surface area (Å²) in [6, 6.07) is 12.4. The first kappa shape index (κ1) is 18.2. The van der Waals surface area contributed by atoms with Crippen LogP contribution in [0.1, 0.15) is 37.3 Å². The van der Waals surface area contributed by atoms with Gasteiger partial charge in [0.2, 0.25) is 0 Å². The number of anilines is 1. The van der Waals surface area contributed by atoms with E-state index in [9.17, 15) is 10.1 Å². The second-order valence-corrected chi connectivity index (χ2v) is 7.35. The molecular formula is C21H22N4O3. The van der Waals surface area contributed by atoms with E-state index >= 15 is 0 Å². The molecule has 3 heterocycles. The molecule has 0 radical (unpaired) electrons. The molecule has 1 fully saturated rings. The van der Waals surface area contributed by atoms with Gasteiger partial charge in [-0.1, -0.05) is 19.1 Å². The number of hydrogen-bond donors (Lipinski definition) is 0. The van der Waals surface area contributed by atoms with Crippen LogP contribution >= 0.6 is 0 Å². The van der Waals surface area contributed by atoms with Crippen LogP contribution < -0.4 is 4.90 Å². The zero-order valence-electron chi connectivity index (χ0n) is 15.9. The van der Waals surface area contributed by atoms with E-state index in [2.05, 4.69) is 16.8 Å². The van der Waals surface area contributed by atoms with Crippen molar-refractivity contribution < 1.29 is 9.34 Å². The van der Waals surface area contributed by atoms with E-state index in [1.54, 1.807) is 18.4 Å². The predicted octanol–water partition coefficient (Wildman–Crippen LogP) is 4.93. The summed E-state index contributed by atoms with van der Waals surface area (Å²) in [6.07, 6.45) is 3.77. The van der Waals surface area contributed by atoms with Gasteiger partial charge >= 0.3 is 0 Å². The molecule has 0 amide bonds. The SMILES string of the molecule is Cc1cc(N2CCC(C)CC2c2ccco2)nc(-c2cccc([N+](=O)[O-])c2)n1. The molecule has 1 aromatic carbocycles. The maximum absolute atomic E-state index is 11.1. The van der Waals surface area contributed by atoms with Crippen molar-refractivity contribution in [2.75, 3.05) is 11.4 Å². The zero-order valence-corrected chi connectivity index (χ0v) is 15.9. The van der Waals surface area contributed by atoms with E-state index in [-0.39, 0.29) is 11.7 Å². The molecule has 7 nitrogen and oxygen atoms in total. The largest absolute Gasteiger partial charge is 0.467 e. The molecule has 0 spiro atoms. The number of benzene rings is 1. The highest BCUT2D eigenvalue weighted by molar-refractivity contribution is 5.61. The van der Waals surface area contributed by atoms with Crippen LogP contribution in [-0.2, 0) is 0 Å². The Morgan fingerprint density at radius 3 is 2.82 bits per heavy atom. The molecule has 0 saturated carbocycles. The monoisotopic (exact) mass is 378 g/mol. The Kier molecular flexibility index (Phi) is 4.81. The summed E-state index contributed by atoms with van der Waals surface area (Å²) in [7, 11) is 0. The van der Waals surface area contributed by atoms with E-state index in [1.807, 2.05) is 25.1 Å². The maximum atomic E-state index is 11.1. The van der Waals surface area contributed by atoms with Gasteiger partial charge in [0.05, 0.1) is 17.2 Å². The van der Waals surface area contributed by atoms with Crippen LogP contribution in [0.2, 0.25) is 0 Å². The summed E-state index contributed by atoms with van der Waals surface area (Å²) >= 11 is 0. The quantitative estimate of drug-likeness (QED) is 0.473. The van der Waals surface area contributed by atoms with E-state index in [0.29, 0.717) is 17.3 Å². The summed E-state index contributed by atoms with van der Waals surface area (Å²) in [5, 5.41) is 11.1. The number of nitro groups is 1. The lowest BCUT2D eigenvalue weighted by atomic mass is 9.91. The molecule has 28 heavy (non-hydrogen) atoms. The minimum atomic E-state index is -0.404. The second kappa shape index (κ2) is 7.42. The Morgan fingerprint density at radius 1 is 1.21 bits per heavy atom. The summed E-state index contributed by atoms with van der Waals surface area (Å²) in [5.41, 5.74) is 1.49. The topological polar surface area (TPSA) is 85.3 Å². The van der Waals surface area contributed by atoms with Crippen molar-refractivity contribution in [3.8, 4) is 11.4 Å². The summed E-state index contributed by atoms with van der Waals surface area (Å²) < 4.78 is 5.70. The van der Waals surface area contributed by atoms with Gasteiger partial charge in [-0.15, -0.1) is 0 Å². The van der Waals surface area contributed by atoms with Crippen LogP contribution in [0.25, 0.3) is 11.4 Å². The van der Waals surface area contributed by atoms with Crippen LogP contribution in [0.4, 0.5) is 11.5 Å². The number of aryl methyl sites for hydroxylation is 1. The van der Waals surface area contributed by atoms with Crippen molar-refractivity contribution in [3.05, 3.63) is 70.3 Å². The number of rotatable bonds is 4. The van der Waals surface area contributed by atoms with Gasteiger partial charge in [0.1, 0.15) is 11.6 Å². The molecule has 0 aliphatic carbocycles. The Labute approximate surface area is 163 Å². The molecule has 144 valence electrons. The highest BCUT2D eigenvalue weighted by Gasteiger charge is 2.31. The maximum Gasteiger partial charge on any atom is 0.270 e. The first-order valence-corrected chi connectivity index (χ1v) is 9.42. The fourth-order valence-electron chi connectivity index (χ4n) is 3.75. The van der Waals surface area contributed by atoms with Gasteiger partial charge in [-0.25, -0.2) is 9.97 Å². The van der Waals surface area contributed by atoms with Gasteiger partial charge in [0.25, 0.3) is 5.69 Å². The van der Waals surface area contributed by atoms with Crippen molar-refractivity contribution in [1.82, 2.24) is 9.97 Å². The van der Waals surface area contributed by atoms with Gasteiger partial charge in [-0.05, 0) is 37.8 Å². The lowest BCUT2D eigenvalue weighted by molar-refractivity contribution is -0.384. The molecule has 1 saturated heterocycles. The number of furan rings is 1. The highest BCUT2D eigenvalue weighted by atomic mass is 16.6. The Balaban J connectivity index is 1.74. The second-order valence-electron chi connectivity index (χ2n) is 7.35. The smallest absolute Gasteiger partial charge is 0.270 e. The molecule has 2 aromatic heterocycles. The molecule has 2 unspecified atom stereocenters. The van der Waals surface area contributed by atoms with Crippen LogP contribution in [0.15, 0.2) is 53.1 Å². The first-order valence-electron chi connectivity index (χ1n) is 9.42. The molecular weight excluding hydrogens is 356 g/mol. The highest BCUT2D eigenvalue weighted by Crippen LogP contribution is 2.37. The van der Waals surface area contributed by atoms with Crippen molar-refractivity contribution in [2.45, 2.75) is 32.7 Å². The molecule has 4 rings (SSSR count). The molecule has 0 N–H and O–H groups in total. The van der Waals surface area contributed by atoms with Crippen LogP contribution in [0, 0.1) is 23.0 Å². The summed E-state index contributed by atoms with van der Waals surface area (Å²) in [6.45, 7) is 5.05. The normalized spacial score (nSPS) is 19.6. The summed E-state index contributed by atoms with van der Waals surface area (Å²) in [5.74, 6) is 2.85. The molecule has 2 atom stereocenters. The number of piperidine rings is 1. The van der Waals surface area contributed by atoms with Gasteiger partial charge in [-0.2, -0.15) is 0 Å². The minimum absolute atomic E-state index is 0.0319. The average molecular weight is 378 g/mol. The number of non-ortho nitro benzene ring substituents is 1.